The molecule has 0 N–H and O–H groups in total. The molecule has 0 saturated carbocycles. The van der Waals surface area contributed by atoms with E-state index in [2.05, 4.69) is 20.8 Å². The Labute approximate surface area is 81.6 Å². The molecule has 0 aromatic carbocycles. The van der Waals surface area contributed by atoms with Gasteiger partial charge in [0.15, 0.2) is 0 Å². The molecular formula is C11H22O2. The van der Waals surface area contributed by atoms with Crippen LogP contribution in [0.4, 0.5) is 0 Å². The lowest BCUT2D eigenvalue weighted by Crippen LogP contribution is -2.37. The zero-order valence-corrected chi connectivity index (χ0v) is 9.14. The van der Waals surface area contributed by atoms with Crippen LogP contribution in [0.1, 0.15) is 46.5 Å². The molecule has 0 aromatic heterocycles. The number of hydrogen-bond acceptors (Lipinski definition) is 2. The second-order valence-electron chi connectivity index (χ2n) is 4.45. The zero-order valence-electron chi connectivity index (χ0n) is 9.14. The van der Waals surface area contributed by atoms with Gasteiger partial charge in [-0.15, -0.1) is 0 Å². The minimum Gasteiger partial charge on any atom is -0.378 e. The first kappa shape index (κ1) is 11.0. The standard InChI is InChI=1S/C11H22O2/c1-4-5-7-12-10-6-8-13-11(2,3)9-10/h10H,4-9H2,1-3H3/t10-/m0/s1. The van der Waals surface area contributed by atoms with Crippen molar-refractivity contribution < 1.29 is 9.47 Å². The monoisotopic (exact) mass is 186 g/mol. The Kier molecular flexibility index (Phi) is 4.20. The third kappa shape index (κ3) is 4.10. The highest BCUT2D eigenvalue weighted by molar-refractivity contribution is 4.79. The second-order valence-corrected chi connectivity index (χ2v) is 4.45. The van der Waals surface area contributed by atoms with Gasteiger partial charge >= 0.3 is 0 Å². The van der Waals surface area contributed by atoms with Crippen LogP contribution in [0.2, 0.25) is 0 Å². The van der Waals surface area contributed by atoms with E-state index in [4.69, 9.17) is 9.47 Å². The molecule has 0 bridgehead atoms. The molecule has 13 heavy (non-hydrogen) atoms. The van der Waals surface area contributed by atoms with Gasteiger partial charge in [0.05, 0.1) is 11.7 Å². The van der Waals surface area contributed by atoms with Crippen LogP contribution in [-0.4, -0.2) is 24.9 Å². The molecule has 78 valence electrons. The number of ether oxygens (including phenoxy) is 2. The van der Waals surface area contributed by atoms with Crippen molar-refractivity contribution in [3.05, 3.63) is 0 Å². The average Bonchev–Trinajstić information content (AvgIpc) is 2.03. The molecule has 1 heterocycles. The predicted molar refractivity (Wildman–Crippen MR) is 53.9 cm³/mol. The van der Waals surface area contributed by atoms with Crippen LogP contribution in [0.15, 0.2) is 0 Å². The number of unbranched alkanes of at least 4 members (excludes halogenated alkanes) is 1. The summed E-state index contributed by atoms with van der Waals surface area (Å²) in [6.45, 7) is 8.24. The molecular weight excluding hydrogens is 164 g/mol. The number of rotatable bonds is 4. The Bertz CT molecular complexity index is 143. The molecule has 0 amide bonds. The highest BCUT2D eigenvalue weighted by atomic mass is 16.5. The summed E-state index contributed by atoms with van der Waals surface area (Å²) in [4.78, 5) is 0. The normalized spacial score (nSPS) is 27.5. The Morgan fingerprint density at radius 2 is 2.23 bits per heavy atom. The minimum atomic E-state index is 0.0229. The summed E-state index contributed by atoms with van der Waals surface area (Å²) in [5.74, 6) is 0. The van der Waals surface area contributed by atoms with Gasteiger partial charge in [-0.3, -0.25) is 0 Å². The SMILES string of the molecule is CCCCO[C@H]1CCOC(C)(C)C1. The van der Waals surface area contributed by atoms with Gasteiger partial charge in [-0.25, -0.2) is 0 Å². The Balaban J connectivity index is 2.19. The summed E-state index contributed by atoms with van der Waals surface area (Å²) in [5, 5.41) is 0. The van der Waals surface area contributed by atoms with E-state index in [0.717, 1.165) is 26.1 Å². The maximum Gasteiger partial charge on any atom is 0.0651 e. The molecule has 0 aliphatic carbocycles. The highest BCUT2D eigenvalue weighted by Gasteiger charge is 2.28. The van der Waals surface area contributed by atoms with E-state index in [1.165, 1.54) is 12.8 Å². The van der Waals surface area contributed by atoms with E-state index < -0.39 is 0 Å². The minimum absolute atomic E-state index is 0.0229. The fourth-order valence-electron chi connectivity index (χ4n) is 1.71. The third-order valence-electron chi connectivity index (χ3n) is 2.50. The van der Waals surface area contributed by atoms with Crippen LogP contribution >= 0.6 is 0 Å². The van der Waals surface area contributed by atoms with E-state index >= 15 is 0 Å². The Morgan fingerprint density at radius 1 is 1.46 bits per heavy atom. The largest absolute Gasteiger partial charge is 0.378 e. The van der Waals surface area contributed by atoms with Crippen LogP contribution in [0.25, 0.3) is 0 Å². The maximum absolute atomic E-state index is 5.78. The summed E-state index contributed by atoms with van der Waals surface area (Å²) in [5.41, 5.74) is 0.0229. The van der Waals surface area contributed by atoms with Gasteiger partial charge in [0.2, 0.25) is 0 Å². The third-order valence-corrected chi connectivity index (χ3v) is 2.50. The van der Waals surface area contributed by atoms with Crippen molar-refractivity contribution in [2.45, 2.75) is 58.2 Å². The van der Waals surface area contributed by atoms with Crippen molar-refractivity contribution in [1.29, 1.82) is 0 Å². The fourth-order valence-corrected chi connectivity index (χ4v) is 1.71. The van der Waals surface area contributed by atoms with E-state index in [9.17, 15) is 0 Å². The molecule has 1 aliphatic heterocycles. The van der Waals surface area contributed by atoms with E-state index in [1.54, 1.807) is 0 Å². The summed E-state index contributed by atoms with van der Waals surface area (Å²) >= 11 is 0. The van der Waals surface area contributed by atoms with Gasteiger partial charge in [0.25, 0.3) is 0 Å². The van der Waals surface area contributed by atoms with Crippen LogP contribution in [0.5, 0.6) is 0 Å². The van der Waals surface area contributed by atoms with Gasteiger partial charge in [-0.05, 0) is 26.7 Å². The Hall–Kier alpha value is -0.0800. The lowest BCUT2D eigenvalue weighted by molar-refractivity contribution is -0.115. The van der Waals surface area contributed by atoms with Crippen molar-refractivity contribution in [1.82, 2.24) is 0 Å². The molecule has 1 aliphatic rings. The molecule has 0 spiro atoms. The quantitative estimate of drug-likeness (QED) is 0.628. The van der Waals surface area contributed by atoms with Gasteiger partial charge in [0.1, 0.15) is 0 Å². The fraction of sp³-hybridized carbons (Fsp3) is 1.00. The Morgan fingerprint density at radius 3 is 2.85 bits per heavy atom. The molecule has 0 aromatic rings. The van der Waals surface area contributed by atoms with E-state index in [0.29, 0.717) is 6.10 Å². The van der Waals surface area contributed by atoms with Crippen molar-refractivity contribution >= 4 is 0 Å². The van der Waals surface area contributed by atoms with E-state index in [1.807, 2.05) is 0 Å². The first-order chi connectivity index (χ1) is 6.14. The van der Waals surface area contributed by atoms with Crippen molar-refractivity contribution in [3.8, 4) is 0 Å². The first-order valence-electron chi connectivity index (χ1n) is 5.39. The molecule has 0 radical (unpaired) electrons. The average molecular weight is 186 g/mol. The van der Waals surface area contributed by atoms with Crippen molar-refractivity contribution in [2.24, 2.45) is 0 Å². The lowest BCUT2D eigenvalue weighted by Gasteiger charge is -2.35. The summed E-state index contributed by atoms with van der Waals surface area (Å²) in [6, 6.07) is 0. The maximum atomic E-state index is 5.78. The van der Waals surface area contributed by atoms with E-state index in [-0.39, 0.29) is 5.60 Å². The highest BCUT2D eigenvalue weighted by Crippen LogP contribution is 2.25. The molecule has 1 fully saturated rings. The van der Waals surface area contributed by atoms with Crippen LogP contribution < -0.4 is 0 Å². The second kappa shape index (κ2) is 4.97. The van der Waals surface area contributed by atoms with Gasteiger partial charge in [0, 0.05) is 19.6 Å². The predicted octanol–water partition coefficient (Wildman–Crippen LogP) is 2.76. The smallest absolute Gasteiger partial charge is 0.0651 e. The molecule has 1 saturated heterocycles. The molecule has 1 rings (SSSR count). The molecule has 0 unspecified atom stereocenters. The number of hydrogen-bond donors (Lipinski definition) is 0. The van der Waals surface area contributed by atoms with Crippen molar-refractivity contribution in [2.75, 3.05) is 13.2 Å². The van der Waals surface area contributed by atoms with Gasteiger partial charge < -0.3 is 9.47 Å². The van der Waals surface area contributed by atoms with Gasteiger partial charge in [-0.2, -0.15) is 0 Å². The summed E-state index contributed by atoms with van der Waals surface area (Å²) < 4.78 is 11.4. The van der Waals surface area contributed by atoms with Crippen LogP contribution in [-0.2, 0) is 9.47 Å². The molecule has 2 nitrogen and oxygen atoms in total. The zero-order chi connectivity index (χ0) is 9.73. The summed E-state index contributed by atoms with van der Waals surface area (Å²) in [6.07, 6.45) is 4.92. The van der Waals surface area contributed by atoms with Crippen LogP contribution in [0, 0.1) is 0 Å². The summed E-state index contributed by atoms with van der Waals surface area (Å²) in [7, 11) is 0. The molecule has 2 heteroatoms. The topological polar surface area (TPSA) is 18.5 Å². The molecule has 1 atom stereocenters. The van der Waals surface area contributed by atoms with Crippen LogP contribution in [0.3, 0.4) is 0 Å². The lowest BCUT2D eigenvalue weighted by atomic mass is 9.96. The van der Waals surface area contributed by atoms with Gasteiger partial charge in [-0.1, -0.05) is 13.3 Å². The first-order valence-corrected chi connectivity index (χ1v) is 5.39. The van der Waals surface area contributed by atoms with Crippen molar-refractivity contribution in [3.63, 3.8) is 0 Å².